The number of nitrogens with two attached hydrogens (primary N) is 1. The lowest BCUT2D eigenvalue weighted by atomic mass is 9.95. The number of rotatable bonds is 8. The van der Waals surface area contributed by atoms with Crippen molar-refractivity contribution in [3.05, 3.63) is 47.0 Å². The fourth-order valence-corrected chi connectivity index (χ4v) is 7.22. The molecular weight excluding hydrogens is 622 g/mol. The maximum atomic E-state index is 16.6. The Bertz CT molecular complexity index is 1920. The first-order valence-corrected chi connectivity index (χ1v) is 16.1. The Kier molecular flexibility index (Phi) is 8.17. The van der Waals surface area contributed by atoms with Crippen molar-refractivity contribution >= 4 is 34.5 Å². The molecule has 2 N–H and O–H groups in total. The number of alkyl halides is 1. The van der Waals surface area contributed by atoms with Gasteiger partial charge in [0.25, 0.3) is 5.89 Å². The third-order valence-corrected chi connectivity index (χ3v) is 9.92. The largest absolute Gasteiger partial charge is 0.461 e. The van der Waals surface area contributed by atoms with Gasteiger partial charge in [-0.25, -0.2) is 13.8 Å². The van der Waals surface area contributed by atoms with Crippen molar-refractivity contribution in [3.8, 4) is 17.4 Å². The summed E-state index contributed by atoms with van der Waals surface area (Å²) in [4.78, 5) is 41.1. The molecule has 1 amide bonds. The van der Waals surface area contributed by atoms with Gasteiger partial charge in [-0.1, -0.05) is 5.16 Å². The average Bonchev–Trinajstić information content (AvgIpc) is 3.85. The van der Waals surface area contributed by atoms with E-state index in [0.717, 1.165) is 30.5 Å². The van der Waals surface area contributed by atoms with E-state index in [1.807, 2.05) is 25.8 Å². The number of halogens is 2. The second-order valence-electron chi connectivity index (χ2n) is 13.1. The first-order valence-electron chi connectivity index (χ1n) is 16.1. The van der Waals surface area contributed by atoms with Gasteiger partial charge in [0.2, 0.25) is 5.91 Å². The molecule has 3 aliphatic heterocycles. The van der Waals surface area contributed by atoms with Gasteiger partial charge in [-0.05, 0) is 63.8 Å². The number of aromatic nitrogens is 6. The molecule has 3 saturated heterocycles. The van der Waals surface area contributed by atoms with E-state index in [9.17, 15) is 9.18 Å². The molecule has 3 aliphatic rings. The smallest absolute Gasteiger partial charge is 0.319 e. The van der Waals surface area contributed by atoms with Crippen LogP contribution in [-0.2, 0) is 4.79 Å². The normalized spacial score (nSPS) is 22.7. The number of pyridine rings is 2. The Morgan fingerprint density at radius 3 is 2.81 bits per heavy atom. The van der Waals surface area contributed by atoms with E-state index in [2.05, 4.69) is 30.0 Å². The lowest BCUT2D eigenvalue weighted by molar-refractivity contribution is -0.124. The molecular formula is C33H38F2N10O3. The van der Waals surface area contributed by atoms with Gasteiger partial charge in [-0.2, -0.15) is 15.0 Å². The first kappa shape index (κ1) is 31.8. The minimum Gasteiger partial charge on any atom is -0.461 e. The van der Waals surface area contributed by atoms with Crippen molar-refractivity contribution in [2.75, 3.05) is 50.5 Å². The summed E-state index contributed by atoms with van der Waals surface area (Å²) in [5.41, 5.74) is 7.57. The number of carbonyl (C=O) groups is 1. The molecule has 0 saturated carbocycles. The molecule has 4 aromatic heterocycles. The fraction of sp³-hybridized carbons (Fsp3) is 0.485. The Balaban J connectivity index is 1.22. The van der Waals surface area contributed by atoms with Gasteiger partial charge in [0, 0.05) is 57.5 Å². The van der Waals surface area contributed by atoms with Crippen molar-refractivity contribution in [2.24, 2.45) is 0 Å². The van der Waals surface area contributed by atoms with Crippen molar-refractivity contribution in [3.63, 3.8) is 0 Å². The number of amides is 1. The van der Waals surface area contributed by atoms with E-state index in [0.29, 0.717) is 55.2 Å². The number of likely N-dealkylation sites (tertiary alicyclic amines) is 1. The van der Waals surface area contributed by atoms with Crippen LogP contribution >= 0.6 is 0 Å². The highest BCUT2D eigenvalue weighted by Crippen LogP contribution is 2.41. The summed E-state index contributed by atoms with van der Waals surface area (Å²) in [6, 6.07) is 1.57. The number of nitrogens with zero attached hydrogens (tertiary/aromatic N) is 9. The molecule has 0 spiro atoms. The van der Waals surface area contributed by atoms with Gasteiger partial charge >= 0.3 is 6.01 Å². The van der Waals surface area contributed by atoms with E-state index >= 15 is 4.39 Å². The molecule has 252 valence electrons. The Hall–Kier alpha value is -4.79. The lowest BCUT2D eigenvalue weighted by Crippen LogP contribution is -2.43. The Labute approximate surface area is 276 Å². The summed E-state index contributed by atoms with van der Waals surface area (Å²) >= 11 is 0. The number of nitrogen functional groups attached to an aromatic ring is 1. The minimum atomic E-state index is -0.921. The lowest BCUT2D eigenvalue weighted by Gasteiger charge is -2.31. The fourth-order valence-electron chi connectivity index (χ4n) is 7.22. The van der Waals surface area contributed by atoms with Crippen LogP contribution in [0.5, 0.6) is 6.01 Å². The second kappa shape index (κ2) is 12.3. The number of ether oxygens (including phenoxy) is 1. The van der Waals surface area contributed by atoms with Gasteiger partial charge in [-0.3, -0.25) is 14.7 Å². The zero-order valence-corrected chi connectivity index (χ0v) is 27.4. The van der Waals surface area contributed by atoms with Crippen LogP contribution in [0.15, 0.2) is 22.9 Å². The number of fused-ring (bicyclic) bond motifs is 2. The molecule has 0 radical (unpaired) electrons. The van der Waals surface area contributed by atoms with E-state index < -0.39 is 17.5 Å². The Morgan fingerprint density at radius 1 is 1.19 bits per heavy atom. The van der Waals surface area contributed by atoms with Crippen molar-refractivity contribution in [1.29, 1.82) is 0 Å². The molecule has 0 unspecified atom stereocenters. The number of aryl methyl sites for hydroxylation is 2. The second-order valence-corrected chi connectivity index (χ2v) is 13.1. The average molecular weight is 661 g/mol. The molecule has 0 bridgehead atoms. The van der Waals surface area contributed by atoms with E-state index in [1.54, 1.807) is 17.9 Å². The van der Waals surface area contributed by atoms with Gasteiger partial charge in [-0.15, -0.1) is 0 Å². The molecule has 48 heavy (non-hydrogen) atoms. The van der Waals surface area contributed by atoms with Crippen molar-refractivity contribution in [1.82, 2.24) is 39.9 Å². The maximum Gasteiger partial charge on any atom is 0.319 e. The number of hydrogen-bond donors (Lipinski definition) is 1. The molecule has 7 rings (SSSR count). The van der Waals surface area contributed by atoms with Crippen LogP contribution in [0.1, 0.15) is 48.5 Å². The summed E-state index contributed by atoms with van der Waals surface area (Å²) in [6.45, 7) is 7.71. The third-order valence-electron chi connectivity index (χ3n) is 9.92. The van der Waals surface area contributed by atoms with Gasteiger partial charge in [0.1, 0.15) is 35.6 Å². The standard InChI is InChI=1S/C33H38F2N10O3/c1-18-12-24(36)39-28(19(18)2)30-27(35)29-23(14-37-30)31(41-32(40-29)47-17-33-9-5-10-45(33)15-21(34)13-33)43(4)22-8-11-44(16-22)26(46)7-6-25-38-20(3)42-48-25/h6-7,12,14,21-22H,5,8-11,13,15-17H2,1-4H3,(H2,36,39)/b7-6+/t21-,22-,33+/m1/s1. The van der Waals surface area contributed by atoms with Crippen molar-refractivity contribution < 1.29 is 22.8 Å². The topological polar surface area (TPSA) is 153 Å². The third kappa shape index (κ3) is 5.80. The number of anilines is 2. The zero-order valence-electron chi connectivity index (χ0n) is 27.4. The summed E-state index contributed by atoms with van der Waals surface area (Å²) in [6.07, 6.45) is 6.31. The predicted octanol–water partition coefficient (Wildman–Crippen LogP) is 3.82. The van der Waals surface area contributed by atoms with Crippen LogP contribution in [0.3, 0.4) is 0 Å². The molecule has 0 aromatic carbocycles. The first-order chi connectivity index (χ1) is 23.0. The summed E-state index contributed by atoms with van der Waals surface area (Å²) in [5, 5.41) is 4.12. The highest BCUT2D eigenvalue weighted by Gasteiger charge is 2.49. The molecule has 4 aromatic rings. The van der Waals surface area contributed by atoms with Crippen LogP contribution < -0.4 is 15.4 Å². The Morgan fingerprint density at radius 2 is 2.02 bits per heavy atom. The molecule has 15 heteroatoms. The van der Waals surface area contributed by atoms with E-state index in [-0.39, 0.29) is 47.5 Å². The maximum absolute atomic E-state index is 16.6. The number of hydrogen-bond acceptors (Lipinski definition) is 12. The number of likely N-dealkylation sites (N-methyl/N-ethyl adjacent to an activating group) is 1. The molecule has 7 heterocycles. The van der Waals surface area contributed by atoms with Gasteiger partial charge in [0.05, 0.1) is 16.6 Å². The van der Waals surface area contributed by atoms with E-state index in [4.69, 9.17) is 20.0 Å². The molecule has 13 nitrogen and oxygen atoms in total. The molecule has 0 aliphatic carbocycles. The van der Waals surface area contributed by atoms with Crippen molar-refractivity contribution in [2.45, 2.75) is 64.2 Å². The molecule has 3 atom stereocenters. The van der Waals surface area contributed by atoms with Gasteiger partial charge in [0.15, 0.2) is 11.6 Å². The van der Waals surface area contributed by atoms with Gasteiger partial charge < -0.3 is 24.8 Å². The monoisotopic (exact) mass is 660 g/mol. The van der Waals surface area contributed by atoms with Crippen LogP contribution in [0, 0.1) is 26.6 Å². The predicted molar refractivity (Wildman–Crippen MR) is 174 cm³/mol. The number of carbonyl (C=O) groups excluding carboxylic acids is 1. The van der Waals surface area contributed by atoms with Crippen LogP contribution in [0.25, 0.3) is 28.4 Å². The highest BCUT2D eigenvalue weighted by molar-refractivity contribution is 5.93. The van der Waals surface area contributed by atoms with Crippen LogP contribution in [0.2, 0.25) is 0 Å². The summed E-state index contributed by atoms with van der Waals surface area (Å²) in [5.74, 6) is 0.526. The summed E-state index contributed by atoms with van der Waals surface area (Å²) < 4.78 is 42.3. The van der Waals surface area contributed by atoms with Crippen LogP contribution in [-0.4, -0.2) is 103 Å². The quantitative estimate of drug-likeness (QED) is 0.274. The van der Waals surface area contributed by atoms with Crippen LogP contribution in [0.4, 0.5) is 20.4 Å². The SMILES string of the molecule is Cc1noc(/C=C/C(=O)N2CC[C@@H](N(C)c3nc(OC[C@@]45CCCN4C[C@H](F)C5)nc4c(F)c(-c5nc(N)cc(C)c5C)ncc34)C2)n1. The minimum absolute atomic E-state index is 0.0129. The molecule has 3 fully saturated rings. The summed E-state index contributed by atoms with van der Waals surface area (Å²) in [7, 11) is 1.85. The zero-order chi connectivity index (χ0) is 33.7. The van der Waals surface area contributed by atoms with E-state index in [1.165, 1.54) is 18.3 Å². The highest BCUT2D eigenvalue weighted by atomic mass is 19.1.